The summed E-state index contributed by atoms with van der Waals surface area (Å²) < 4.78 is 0. The van der Waals surface area contributed by atoms with Crippen LogP contribution in [0.3, 0.4) is 0 Å². The van der Waals surface area contributed by atoms with Gasteiger partial charge in [0.2, 0.25) is 11.8 Å². The van der Waals surface area contributed by atoms with Crippen LogP contribution in [0.2, 0.25) is 10.0 Å². The van der Waals surface area contributed by atoms with Crippen molar-refractivity contribution in [1.82, 2.24) is 15.6 Å². The molecular formula is C22H20Cl2N4O3S. The van der Waals surface area contributed by atoms with Crippen molar-refractivity contribution in [3.8, 4) is 11.3 Å². The van der Waals surface area contributed by atoms with Crippen LogP contribution in [0.5, 0.6) is 0 Å². The van der Waals surface area contributed by atoms with Crippen LogP contribution in [0.15, 0.2) is 47.8 Å². The van der Waals surface area contributed by atoms with Crippen molar-refractivity contribution in [3.63, 3.8) is 0 Å². The summed E-state index contributed by atoms with van der Waals surface area (Å²) in [5.41, 5.74) is 2.80. The third kappa shape index (κ3) is 6.29. The van der Waals surface area contributed by atoms with Crippen molar-refractivity contribution in [3.05, 3.63) is 69.0 Å². The Morgan fingerprint density at radius 3 is 2.47 bits per heavy atom. The lowest BCUT2D eigenvalue weighted by atomic mass is 10.1. The lowest BCUT2D eigenvalue weighted by molar-refractivity contribution is -0.119. The third-order valence-corrected chi connectivity index (χ3v) is 5.77. The van der Waals surface area contributed by atoms with Gasteiger partial charge in [0, 0.05) is 22.9 Å². The summed E-state index contributed by atoms with van der Waals surface area (Å²) in [4.78, 5) is 40.0. The van der Waals surface area contributed by atoms with Gasteiger partial charge in [-0.2, -0.15) is 0 Å². The summed E-state index contributed by atoms with van der Waals surface area (Å²) in [6, 6.07) is 12.1. The predicted molar refractivity (Wildman–Crippen MR) is 127 cm³/mol. The Bertz CT molecular complexity index is 1150. The van der Waals surface area contributed by atoms with E-state index in [-0.39, 0.29) is 29.1 Å². The Hall–Kier alpha value is -2.94. The van der Waals surface area contributed by atoms with Crippen molar-refractivity contribution in [2.24, 2.45) is 0 Å². The molecule has 0 aliphatic rings. The molecule has 1 aromatic heterocycles. The van der Waals surface area contributed by atoms with Gasteiger partial charge in [-0.1, -0.05) is 47.5 Å². The van der Waals surface area contributed by atoms with E-state index in [1.54, 1.807) is 6.07 Å². The van der Waals surface area contributed by atoms with E-state index in [1.165, 1.54) is 30.4 Å². The van der Waals surface area contributed by atoms with Crippen LogP contribution in [-0.4, -0.2) is 29.3 Å². The van der Waals surface area contributed by atoms with Gasteiger partial charge in [-0.3, -0.25) is 14.4 Å². The van der Waals surface area contributed by atoms with E-state index in [1.807, 2.05) is 36.6 Å². The SMILES string of the molecule is CC(=O)NC(C)c1ccc(-c2csc(NC(=O)CNC(=O)c3ccc(Cl)cc3Cl)n2)cc1. The Kier molecular flexibility index (Phi) is 7.84. The van der Waals surface area contributed by atoms with E-state index in [9.17, 15) is 14.4 Å². The highest BCUT2D eigenvalue weighted by molar-refractivity contribution is 7.14. The third-order valence-electron chi connectivity index (χ3n) is 4.46. The minimum absolute atomic E-state index is 0.0890. The quantitative estimate of drug-likeness (QED) is 0.447. The summed E-state index contributed by atoms with van der Waals surface area (Å²) in [5, 5.41) is 10.9. The largest absolute Gasteiger partial charge is 0.350 e. The highest BCUT2D eigenvalue weighted by Gasteiger charge is 2.14. The first-order chi connectivity index (χ1) is 15.2. The molecule has 1 heterocycles. The minimum Gasteiger partial charge on any atom is -0.350 e. The van der Waals surface area contributed by atoms with Crippen molar-refractivity contribution in [2.75, 3.05) is 11.9 Å². The van der Waals surface area contributed by atoms with Gasteiger partial charge in [-0.05, 0) is 30.7 Å². The second-order valence-electron chi connectivity index (χ2n) is 6.94. The number of rotatable bonds is 7. The lowest BCUT2D eigenvalue weighted by Crippen LogP contribution is -2.33. The molecule has 2 aromatic carbocycles. The second-order valence-corrected chi connectivity index (χ2v) is 8.64. The molecular weight excluding hydrogens is 471 g/mol. The summed E-state index contributed by atoms with van der Waals surface area (Å²) >= 11 is 13.1. The molecule has 0 bridgehead atoms. The van der Waals surface area contributed by atoms with E-state index in [0.717, 1.165) is 11.1 Å². The Morgan fingerprint density at radius 2 is 1.81 bits per heavy atom. The number of nitrogens with zero attached hydrogens (tertiary/aromatic N) is 1. The maximum absolute atomic E-state index is 12.2. The minimum atomic E-state index is -0.477. The number of amides is 3. The van der Waals surface area contributed by atoms with Crippen LogP contribution < -0.4 is 16.0 Å². The second kappa shape index (κ2) is 10.6. The fraction of sp³-hybridized carbons (Fsp3) is 0.182. The van der Waals surface area contributed by atoms with Gasteiger partial charge in [0.25, 0.3) is 5.91 Å². The topological polar surface area (TPSA) is 100 Å². The van der Waals surface area contributed by atoms with E-state index in [2.05, 4.69) is 20.9 Å². The molecule has 0 saturated heterocycles. The first-order valence-corrected chi connectivity index (χ1v) is 11.2. The van der Waals surface area contributed by atoms with Crippen LogP contribution in [0, 0.1) is 0 Å². The fourth-order valence-corrected chi connectivity index (χ4v) is 4.12. The molecule has 3 N–H and O–H groups in total. The molecule has 166 valence electrons. The monoisotopic (exact) mass is 490 g/mol. The Morgan fingerprint density at radius 1 is 1.09 bits per heavy atom. The first kappa shape index (κ1) is 23.7. The number of nitrogens with one attached hydrogen (secondary N) is 3. The highest BCUT2D eigenvalue weighted by atomic mass is 35.5. The first-order valence-electron chi connectivity index (χ1n) is 9.59. The Balaban J connectivity index is 1.56. The number of halogens is 2. The van der Waals surface area contributed by atoms with Gasteiger partial charge in [0.05, 0.1) is 28.9 Å². The number of thiazole rings is 1. The zero-order chi connectivity index (χ0) is 23.3. The van der Waals surface area contributed by atoms with E-state index < -0.39 is 11.8 Å². The molecule has 32 heavy (non-hydrogen) atoms. The van der Waals surface area contributed by atoms with Crippen LogP contribution in [0.4, 0.5) is 5.13 Å². The van der Waals surface area contributed by atoms with Gasteiger partial charge < -0.3 is 16.0 Å². The van der Waals surface area contributed by atoms with E-state index in [0.29, 0.717) is 15.8 Å². The van der Waals surface area contributed by atoms with Crippen molar-refractivity contribution in [1.29, 1.82) is 0 Å². The lowest BCUT2D eigenvalue weighted by Gasteiger charge is -2.13. The number of carbonyl (C=O) groups is 3. The molecule has 0 spiro atoms. The molecule has 0 fully saturated rings. The molecule has 0 radical (unpaired) electrons. The average Bonchev–Trinajstić information content (AvgIpc) is 3.20. The molecule has 0 saturated carbocycles. The number of carbonyl (C=O) groups excluding carboxylic acids is 3. The number of aromatic nitrogens is 1. The summed E-state index contributed by atoms with van der Waals surface area (Å²) in [6.45, 7) is 3.16. The molecule has 10 heteroatoms. The molecule has 0 aliphatic carbocycles. The van der Waals surface area contributed by atoms with E-state index in [4.69, 9.17) is 23.2 Å². The number of anilines is 1. The van der Waals surface area contributed by atoms with Crippen molar-refractivity contribution >= 4 is 57.4 Å². The van der Waals surface area contributed by atoms with Crippen LogP contribution in [-0.2, 0) is 9.59 Å². The van der Waals surface area contributed by atoms with Gasteiger partial charge >= 0.3 is 0 Å². The zero-order valence-corrected chi connectivity index (χ0v) is 19.6. The molecule has 3 aromatic rings. The normalized spacial score (nSPS) is 11.5. The number of hydrogen-bond donors (Lipinski definition) is 3. The van der Waals surface area contributed by atoms with Crippen LogP contribution in [0.1, 0.15) is 35.8 Å². The van der Waals surface area contributed by atoms with Gasteiger partial charge in [0.15, 0.2) is 5.13 Å². The smallest absolute Gasteiger partial charge is 0.253 e. The molecule has 1 unspecified atom stereocenters. The maximum Gasteiger partial charge on any atom is 0.253 e. The predicted octanol–water partition coefficient (Wildman–Crippen LogP) is 4.68. The molecule has 0 aliphatic heterocycles. The van der Waals surface area contributed by atoms with Crippen molar-refractivity contribution < 1.29 is 14.4 Å². The van der Waals surface area contributed by atoms with Crippen molar-refractivity contribution in [2.45, 2.75) is 19.9 Å². The number of benzene rings is 2. The number of hydrogen-bond acceptors (Lipinski definition) is 5. The zero-order valence-electron chi connectivity index (χ0n) is 17.2. The van der Waals surface area contributed by atoms with Gasteiger partial charge in [-0.15, -0.1) is 11.3 Å². The van der Waals surface area contributed by atoms with E-state index >= 15 is 0 Å². The molecule has 7 nitrogen and oxygen atoms in total. The summed E-state index contributed by atoms with van der Waals surface area (Å²) in [5.74, 6) is -0.979. The molecule has 1 atom stereocenters. The Labute approximate surface area is 199 Å². The summed E-state index contributed by atoms with van der Waals surface area (Å²) in [7, 11) is 0. The standard InChI is InChI=1S/C22H20Cl2N4O3S/c1-12(26-13(2)29)14-3-5-15(6-4-14)19-11-32-22(27-19)28-20(30)10-25-21(31)17-8-7-16(23)9-18(17)24/h3-9,11-12H,10H2,1-2H3,(H,25,31)(H,26,29)(H,27,28,30). The van der Waals surface area contributed by atoms with Gasteiger partial charge in [-0.25, -0.2) is 4.98 Å². The molecule has 3 rings (SSSR count). The van der Waals surface area contributed by atoms with Crippen LogP contribution in [0.25, 0.3) is 11.3 Å². The molecule has 3 amide bonds. The maximum atomic E-state index is 12.2. The fourth-order valence-electron chi connectivity index (χ4n) is 2.89. The van der Waals surface area contributed by atoms with Crippen LogP contribution >= 0.6 is 34.5 Å². The average molecular weight is 491 g/mol. The highest BCUT2D eigenvalue weighted by Crippen LogP contribution is 2.26. The summed E-state index contributed by atoms with van der Waals surface area (Å²) in [6.07, 6.45) is 0. The van der Waals surface area contributed by atoms with Gasteiger partial charge in [0.1, 0.15) is 0 Å².